The monoisotopic (exact) mass is 674 g/mol. The highest BCUT2D eigenvalue weighted by molar-refractivity contribution is 6.00. The van der Waals surface area contributed by atoms with Crippen LogP contribution in [0.25, 0.3) is 11.6 Å². The van der Waals surface area contributed by atoms with Crippen molar-refractivity contribution in [2.45, 2.75) is 52.4 Å². The number of azo groups is 2. The largest absolute Gasteiger partial charge is 0.479 e. The number of hydrogen-bond donors (Lipinski definition) is 6. The quantitative estimate of drug-likeness (QED) is 0.0525. The first-order chi connectivity index (χ1) is 23.7. The van der Waals surface area contributed by atoms with Crippen LogP contribution in [0.4, 0.5) is 34.6 Å². The van der Waals surface area contributed by atoms with E-state index >= 15 is 0 Å². The number of Topliss-reactive ketones (excluding diaryl/α,β-unsaturated/α-hetero) is 1. The van der Waals surface area contributed by atoms with Crippen LogP contribution in [-0.4, -0.2) is 85.6 Å². The summed E-state index contributed by atoms with van der Waals surface area (Å²) in [7, 11) is 1.24. The first kappa shape index (κ1) is 34.0. The van der Waals surface area contributed by atoms with E-state index in [-0.39, 0.29) is 57.4 Å². The van der Waals surface area contributed by atoms with Gasteiger partial charge < -0.3 is 26.4 Å². The number of aromatic hydroxyl groups is 1. The van der Waals surface area contributed by atoms with E-state index in [1.807, 2.05) is 13.8 Å². The van der Waals surface area contributed by atoms with E-state index < -0.39 is 24.4 Å². The maximum absolute atomic E-state index is 12.1. The molecular formula is C28H34N16O5. The van der Waals surface area contributed by atoms with Crippen LogP contribution in [0.1, 0.15) is 71.6 Å². The molecule has 0 atom stereocenters. The summed E-state index contributed by atoms with van der Waals surface area (Å²) in [5.41, 5.74) is 14.6. The Morgan fingerprint density at radius 1 is 0.837 bits per heavy atom. The van der Waals surface area contributed by atoms with E-state index in [9.17, 15) is 19.8 Å². The molecule has 256 valence electrons. The van der Waals surface area contributed by atoms with Crippen molar-refractivity contribution in [2.75, 3.05) is 25.2 Å². The highest BCUT2D eigenvalue weighted by atomic mass is 16.5. The average molecular weight is 675 g/mol. The average Bonchev–Trinajstić information content (AvgIpc) is 3.89. The number of rotatable bonds is 15. The summed E-state index contributed by atoms with van der Waals surface area (Å²) in [6.45, 7) is 3.30. The predicted octanol–water partition coefficient (Wildman–Crippen LogP) is 3.64. The minimum atomic E-state index is -0.727. The van der Waals surface area contributed by atoms with Crippen molar-refractivity contribution in [3.05, 3.63) is 41.0 Å². The summed E-state index contributed by atoms with van der Waals surface area (Å²) in [5, 5.41) is 58.7. The Morgan fingerprint density at radius 3 is 1.80 bits per heavy atom. The lowest BCUT2D eigenvalue weighted by Gasteiger charge is -2.07. The molecule has 5 aromatic heterocycles. The van der Waals surface area contributed by atoms with E-state index in [1.54, 1.807) is 0 Å². The number of aliphatic hydroxyl groups is 1. The molecule has 21 nitrogen and oxygen atoms in total. The lowest BCUT2D eigenvalue weighted by Crippen LogP contribution is -2.09. The SMILES string of the molecule is CCCCc1nn(-c2cc(-n3nc(CCCC)c(N=Nc4[nH]ncc4C(=O)OC)c3N)nc(O)n2)c(N)c1N=Nc1[nH]ncc1C(=O)CO. The van der Waals surface area contributed by atoms with Crippen LogP contribution in [0.5, 0.6) is 6.01 Å². The second-order valence-corrected chi connectivity index (χ2v) is 10.5. The van der Waals surface area contributed by atoms with Gasteiger partial charge in [0.05, 0.1) is 36.5 Å². The van der Waals surface area contributed by atoms with Crippen molar-refractivity contribution >= 4 is 46.4 Å². The zero-order chi connectivity index (χ0) is 35.1. The number of nitrogens with one attached hydrogen (secondary N) is 2. The Bertz CT molecular complexity index is 1880. The third kappa shape index (κ3) is 7.15. The van der Waals surface area contributed by atoms with E-state index in [0.29, 0.717) is 24.2 Å². The van der Waals surface area contributed by atoms with Gasteiger partial charge in [-0.15, -0.1) is 20.5 Å². The number of nitrogen functional groups attached to an aromatic ring is 2. The van der Waals surface area contributed by atoms with Gasteiger partial charge in [0.2, 0.25) is 0 Å². The van der Waals surface area contributed by atoms with E-state index in [2.05, 4.69) is 61.0 Å². The van der Waals surface area contributed by atoms with Gasteiger partial charge in [-0.05, 0) is 25.7 Å². The van der Waals surface area contributed by atoms with Crippen molar-refractivity contribution in [3.63, 3.8) is 0 Å². The van der Waals surface area contributed by atoms with Crippen LogP contribution < -0.4 is 11.5 Å². The van der Waals surface area contributed by atoms with Crippen molar-refractivity contribution in [1.29, 1.82) is 0 Å². The number of methoxy groups -OCH3 is 1. The summed E-state index contributed by atoms with van der Waals surface area (Å²) < 4.78 is 7.30. The molecule has 0 aromatic carbocycles. The maximum atomic E-state index is 12.1. The van der Waals surface area contributed by atoms with Crippen LogP contribution in [-0.2, 0) is 17.6 Å². The maximum Gasteiger partial charge on any atom is 0.343 e. The number of H-pyrrole nitrogens is 2. The zero-order valence-corrected chi connectivity index (χ0v) is 26.8. The van der Waals surface area contributed by atoms with Crippen LogP contribution in [0.2, 0.25) is 0 Å². The van der Waals surface area contributed by atoms with Crippen LogP contribution >= 0.6 is 0 Å². The van der Waals surface area contributed by atoms with Crippen molar-refractivity contribution in [1.82, 2.24) is 49.9 Å². The molecule has 5 aromatic rings. The van der Waals surface area contributed by atoms with Crippen LogP contribution in [0, 0.1) is 0 Å². The third-order valence-corrected chi connectivity index (χ3v) is 7.17. The van der Waals surface area contributed by atoms with Gasteiger partial charge in [0, 0.05) is 6.07 Å². The van der Waals surface area contributed by atoms with Gasteiger partial charge in [-0.25, -0.2) is 4.79 Å². The zero-order valence-electron chi connectivity index (χ0n) is 26.8. The molecule has 5 heterocycles. The minimum Gasteiger partial charge on any atom is -0.479 e. The number of nitrogens with zero attached hydrogens (tertiary/aromatic N) is 12. The molecule has 8 N–H and O–H groups in total. The topological polar surface area (TPSA) is 304 Å². The number of aromatic nitrogens is 10. The van der Waals surface area contributed by atoms with Crippen LogP contribution in [0.3, 0.4) is 0 Å². The number of hydrogen-bond acceptors (Lipinski definition) is 17. The fraction of sp³-hybridized carbons (Fsp3) is 0.357. The highest BCUT2D eigenvalue weighted by Crippen LogP contribution is 2.35. The third-order valence-electron chi connectivity index (χ3n) is 7.17. The fourth-order valence-electron chi connectivity index (χ4n) is 4.62. The Labute approximate surface area is 277 Å². The fourth-order valence-corrected chi connectivity index (χ4v) is 4.62. The molecule has 49 heavy (non-hydrogen) atoms. The lowest BCUT2D eigenvalue weighted by molar-refractivity contribution is 0.0601. The number of aryl methyl sites for hydroxylation is 2. The Morgan fingerprint density at radius 2 is 1.33 bits per heavy atom. The lowest BCUT2D eigenvalue weighted by atomic mass is 10.2. The number of unbranched alkanes of at least 4 members (excludes halogenated alkanes) is 2. The molecule has 0 fully saturated rings. The van der Waals surface area contributed by atoms with E-state index in [0.717, 1.165) is 25.7 Å². The predicted molar refractivity (Wildman–Crippen MR) is 172 cm³/mol. The van der Waals surface area contributed by atoms with Gasteiger partial charge in [-0.3, -0.25) is 15.0 Å². The summed E-state index contributed by atoms with van der Waals surface area (Å²) in [6.07, 6.45) is 6.68. The molecule has 0 aliphatic rings. The Balaban J connectivity index is 1.56. The van der Waals surface area contributed by atoms with E-state index in [4.69, 9.17) is 16.2 Å². The van der Waals surface area contributed by atoms with Gasteiger partial charge in [-0.2, -0.15) is 39.7 Å². The van der Waals surface area contributed by atoms with Gasteiger partial charge >= 0.3 is 12.0 Å². The molecule has 0 unspecified atom stereocenters. The Kier molecular flexibility index (Phi) is 10.4. The summed E-state index contributed by atoms with van der Waals surface area (Å²) in [4.78, 5) is 32.4. The number of nitrogens with two attached hydrogens (primary N) is 2. The molecule has 21 heteroatoms. The highest BCUT2D eigenvalue weighted by Gasteiger charge is 2.23. The van der Waals surface area contributed by atoms with Gasteiger partial charge in [-0.1, -0.05) is 26.7 Å². The second kappa shape index (κ2) is 15.0. The minimum absolute atomic E-state index is 0.0287. The molecule has 0 amide bonds. The number of ether oxygens (including phenoxy) is 1. The van der Waals surface area contributed by atoms with Gasteiger partial charge in [0.25, 0.3) is 0 Å². The first-order valence-corrected chi connectivity index (χ1v) is 15.2. The molecule has 0 saturated carbocycles. The smallest absolute Gasteiger partial charge is 0.343 e. The summed E-state index contributed by atoms with van der Waals surface area (Å²) in [5.74, 6) is -0.951. The molecule has 0 radical (unpaired) electrons. The molecule has 0 bridgehead atoms. The number of carbonyl (C=O) groups is 2. The Hall–Kier alpha value is -6.38. The number of aromatic amines is 2. The molecular weight excluding hydrogens is 640 g/mol. The van der Waals surface area contributed by atoms with Crippen molar-refractivity contribution < 1.29 is 24.5 Å². The number of ketones is 1. The first-order valence-electron chi connectivity index (χ1n) is 15.2. The molecule has 0 aliphatic heterocycles. The summed E-state index contributed by atoms with van der Waals surface area (Å²) >= 11 is 0. The number of aliphatic hydroxyl groups excluding tert-OH is 1. The van der Waals surface area contributed by atoms with Crippen molar-refractivity contribution in [3.8, 4) is 17.6 Å². The van der Waals surface area contributed by atoms with Crippen LogP contribution in [0.15, 0.2) is 38.9 Å². The summed E-state index contributed by atoms with van der Waals surface area (Å²) in [6, 6.07) is 0.831. The van der Waals surface area contributed by atoms with Crippen molar-refractivity contribution in [2.24, 2.45) is 20.5 Å². The molecule has 5 rings (SSSR count). The number of esters is 1. The standard InChI is InChI=1S/C28H34N16O5/c1-4-6-8-16-21(35-39-25-14(11-31-37-25)18(46)13-45)23(29)43(41-16)19-10-20(34-28(48)33-19)44-24(30)22(17(42-44)9-7-5-2)36-40-26-15(12-32-38-26)27(47)49-3/h10-12,45H,4-9,13,29-30H2,1-3H3,(H,31,37)(H,32,38)(H,33,34,48). The molecule has 0 saturated heterocycles. The second-order valence-electron chi connectivity index (χ2n) is 10.5. The van der Waals surface area contributed by atoms with Gasteiger partial charge in [0.1, 0.15) is 12.2 Å². The van der Waals surface area contributed by atoms with E-state index in [1.165, 1.54) is 34.9 Å². The number of anilines is 2. The normalized spacial score (nSPS) is 11.7. The van der Waals surface area contributed by atoms with Gasteiger partial charge in [0.15, 0.2) is 52.1 Å². The molecule has 0 aliphatic carbocycles. The molecule has 0 spiro atoms. The number of carbonyl (C=O) groups excluding carboxylic acids is 2.